The highest BCUT2D eigenvalue weighted by atomic mass is 15.1. The van der Waals surface area contributed by atoms with Gasteiger partial charge in [0.05, 0.1) is 0 Å². The van der Waals surface area contributed by atoms with Crippen LogP contribution in [-0.4, -0.2) is 24.7 Å². The molecule has 0 unspecified atom stereocenters. The Balaban J connectivity index is 3.23. The van der Waals surface area contributed by atoms with Crippen molar-refractivity contribution in [2.45, 2.75) is 19.5 Å². The average molecular weight is 219 g/mol. The molecule has 0 fully saturated rings. The fraction of sp³-hybridized carbons (Fsp3) is 0.385. The van der Waals surface area contributed by atoms with Gasteiger partial charge in [-0.2, -0.15) is 0 Å². The van der Waals surface area contributed by atoms with E-state index in [9.17, 15) is 0 Å². The molecule has 1 aliphatic carbocycles. The van der Waals surface area contributed by atoms with Crippen LogP contribution in [0.15, 0.2) is 47.2 Å². The summed E-state index contributed by atoms with van der Waals surface area (Å²) in [7, 11) is 3.91. The minimum absolute atomic E-state index is 0.891. The summed E-state index contributed by atoms with van der Waals surface area (Å²) < 4.78 is 0. The molecule has 0 saturated carbocycles. The van der Waals surface area contributed by atoms with Crippen LogP contribution in [0.25, 0.3) is 0 Å². The van der Waals surface area contributed by atoms with E-state index in [2.05, 4.69) is 6.58 Å². The maximum Gasteiger partial charge on any atom is 0.113 e. The zero-order valence-electron chi connectivity index (χ0n) is 10.5. The second-order valence-corrected chi connectivity index (χ2v) is 4.46. The Morgan fingerprint density at radius 3 is 2.44 bits per heavy atom. The molecular weight excluding hydrogens is 198 g/mol. The van der Waals surface area contributed by atoms with Gasteiger partial charge in [0.2, 0.25) is 0 Å². The van der Waals surface area contributed by atoms with Crippen molar-refractivity contribution >= 4 is 0 Å². The molecule has 0 aromatic heterocycles. The van der Waals surface area contributed by atoms with E-state index < -0.39 is 5.66 Å². The first kappa shape index (κ1) is 12.7. The smallest absolute Gasteiger partial charge is 0.113 e. The third-order valence-corrected chi connectivity index (χ3v) is 3.08. The predicted molar refractivity (Wildman–Crippen MR) is 69.5 cm³/mol. The van der Waals surface area contributed by atoms with Gasteiger partial charge in [0.15, 0.2) is 0 Å². The van der Waals surface area contributed by atoms with E-state index in [0.717, 1.165) is 22.4 Å². The number of hydrogen-bond acceptors (Lipinski definition) is 3. The molecular formula is C13H21N3. The summed E-state index contributed by atoms with van der Waals surface area (Å²) in [6.45, 7) is 7.96. The van der Waals surface area contributed by atoms with Gasteiger partial charge in [-0.05, 0) is 30.6 Å². The van der Waals surface area contributed by atoms with Crippen LogP contribution < -0.4 is 11.5 Å². The Hall–Kier alpha value is -1.32. The molecule has 16 heavy (non-hydrogen) atoms. The quantitative estimate of drug-likeness (QED) is 0.692. The average Bonchev–Trinajstić information content (AvgIpc) is 2.19. The highest BCUT2D eigenvalue weighted by molar-refractivity contribution is 5.51. The van der Waals surface area contributed by atoms with Gasteiger partial charge in [0.25, 0.3) is 0 Å². The SMILES string of the molecule is C=C(/C(C)=C1\C=CC=C(C)C1(N)N)N(C)C. The molecule has 0 aliphatic heterocycles. The van der Waals surface area contributed by atoms with Gasteiger partial charge in [-0.25, -0.2) is 0 Å². The van der Waals surface area contributed by atoms with E-state index in [-0.39, 0.29) is 0 Å². The van der Waals surface area contributed by atoms with Crippen molar-refractivity contribution in [3.63, 3.8) is 0 Å². The summed E-state index contributed by atoms with van der Waals surface area (Å²) in [5.74, 6) is 0. The highest BCUT2D eigenvalue weighted by Gasteiger charge is 2.29. The van der Waals surface area contributed by atoms with E-state index in [4.69, 9.17) is 11.5 Å². The van der Waals surface area contributed by atoms with Crippen molar-refractivity contribution in [2.24, 2.45) is 11.5 Å². The summed E-state index contributed by atoms with van der Waals surface area (Å²) in [5.41, 5.74) is 15.2. The second kappa shape index (κ2) is 4.28. The topological polar surface area (TPSA) is 55.3 Å². The second-order valence-electron chi connectivity index (χ2n) is 4.46. The van der Waals surface area contributed by atoms with Crippen molar-refractivity contribution in [2.75, 3.05) is 14.1 Å². The Labute approximate surface area is 97.8 Å². The minimum Gasteiger partial charge on any atom is -0.378 e. The number of nitrogens with zero attached hydrogens (tertiary/aromatic N) is 1. The maximum atomic E-state index is 6.15. The molecule has 0 saturated heterocycles. The number of rotatable bonds is 2. The lowest BCUT2D eigenvalue weighted by Crippen LogP contribution is -2.53. The summed E-state index contributed by atoms with van der Waals surface area (Å²) in [4.78, 5) is 1.96. The normalized spacial score (nSPS) is 21.5. The summed E-state index contributed by atoms with van der Waals surface area (Å²) in [6, 6.07) is 0. The lowest BCUT2D eigenvalue weighted by atomic mass is 9.85. The molecule has 0 radical (unpaired) electrons. The molecule has 0 amide bonds. The molecule has 1 aliphatic rings. The van der Waals surface area contributed by atoms with Gasteiger partial charge in [-0.3, -0.25) is 0 Å². The van der Waals surface area contributed by atoms with Gasteiger partial charge < -0.3 is 16.4 Å². The summed E-state index contributed by atoms with van der Waals surface area (Å²) in [6.07, 6.45) is 5.86. The van der Waals surface area contributed by atoms with E-state index in [1.807, 2.05) is 51.1 Å². The van der Waals surface area contributed by atoms with Crippen molar-refractivity contribution in [3.8, 4) is 0 Å². The number of likely N-dealkylation sites (N-methyl/N-ethyl adjacent to an activating group) is 1. The monoisotopic (exact) mass is 219 g/mol. The lowest BCUT2D eigenvalue weighted by molar-refractivity contribution is 0.517. The lowest BCUT2D eigenvalue weighted by Gasteiger charge is -2.32. The molecule has 0 atom stereocenters. The van der Waals surface area contributed by atoms with Crippen LogP contribution in [0, 0.1) is 0 Å². The summed E-state index contributed by atoms with van der Waals surface area (Å²) >= 11 is 0. The van der Waals surface area contributed by atoms with E-state index in [0.29, 0.717) is 0 Å². The molecule has 4 N–H and O–H groups in total. The zero-order valence-corrected chi connectivity index (χ0v) is 10.5. The maximum absolute atomic E-state index is 6.15. The highest BCUT2D eigenvalue weighted by Crippen LogP contribution is 2.28. The molecule has 0 aromatic carbocycles. The van der Waals surface area contributed by atoms with Crippen LogP contribution in [0.5, 0.6) is 0 Å². The molecule has 88 valence electrons. The van der Waals surface area contributed by atoms with Gasteiger partial charge in [-0.1, -0.05) is 24.8 Å². The van der Waals surface area contributed by atoms with E-state index in [1.54, 1.807) is 0 Å². The van der Waals surface area contributed by atoms with E-state index in [1.165, 1.54) is 0 Å². The zero-order chi connectivity index (χ0) is 12.5. The number of nitrogens with two attached hydrogens (primary N) is 2. The molecule has 0 spiro atoms. The standard InChI is InChI=1S/C13H21N3/c1-9-7-6-8-12(13(9,14)15)10(2)11(3)16(4)5/h6-8H,3,14-15H2,1-2,4-5H3/b12-10+. The van der Waals surface area contributed by atoms with Crippen LogP contribution in [0.4, 0.5) is 0 Å². The molecule has 3 heteroatoms. The first-order valence-corrected chi connectivity index (χ1v) is 5.29. The Kier molecular flexibility index (Phi) is 3.41. The van der Waals surface area contributed by atoms with Crippen LogP contribution in [0.1, 0.15) is 13.8 Å². The van der Waals surface area contributed by atoms with Crippen LogP contribution in [-0.2, 0) is 0 Å². The Morgan fingerprint density at radius 1 is 1.38 bits per heavy atom. The van der Waals surface area contributed by atoms with Crippen LogP contribution in [0.3, 0.4) is 0 Å². The van der Waals surface area contributed by atoms with Crippen molar-refractivity contribution in [1.29, 1.82) is 0 Å². The molecule has 3 nitrogen and oxygen atoms in total. The molecule has 0 aromatic rings. The van der Waals surface area contributed by atoms with Gasteiger partial charge in [-0.15, -0.1) is 0 Å². The molecule has 0 bridgehead atoms. The number of hydrogen-bond donors (Lipinski definition) is 2. The van der Waals surface area contributed by atoms with Crippen molar-refractivity contribution in [3.05, 3.63) is 47.2 Å². The van der Waals surface area contributed by atoms with Crippen molar-refractivity contribution < 1.29 is 0 Å². The molecule has 0 heterocycles. The third-order valence-electron chi connectivity index (χ3n) is 3.08. The fourth-order valence-electron chi connectivity index (χ4n) is 1.70. The van der Waals surface area contributed by atoms with Crippen LogP contribution >= 0.6 is 0 Å². The molecule has 1 rings (SSSR count). The Bertz CT molecular complexity index is 395. The van der Waals surface area contributed by atoms with Crippen molar-refractivity contribution in [1.82, 2.24) is 4.90 Å². The third kappa shape index (κ3) is 2.10. The van der Waals surface area contributed by atoms with Gasteiger partial charge in [0, 0.05) is 19.8 Å². The predicted octanol–water partition coefficient (Wildman–Crippen LogP) is 1.51. The van der Waals surface area contributed by atoms with Crippen LogP contribution in [0.2, 0.25) is 0 Å². The van der Waals surface area contributed by atoms with Gasteiger partial charge >= 0.3 is 0 Å². The van der Waals surface area contributed by atoms with Gasteiger partial charge in [0.1, 0.15) is 5.66 Å². The minimum atomic E-state index is -0.891. The first-order valence-electron chi connectivity index (χ1n) is 5.29. The van der Waals surface area contributed by atoms with E-state index >= 15 is 0 Å². The fourth-order valence-corrected chi connectivity index (χ4v) is 1.70. The number of allylic oxidation sites excluding steroid dienone is 3. The summed E-state index contributed by atoms with van der Waals surface area (Å²) in [5, 5.41) is 0. The largest absolute Gasteiger partial charge is 0.378 e. The first-order chi connectivity index (χ1) is 7.28. The Morgan fingerprint density at radius 2 is 1.94 bits per heavy atom.